The molecule has 7 heteroatoms. The van der Waals surface area contributed by atoms with Crippen molar-refractivity contribution in [1.29, 1.82) is 0 Å². The molecule has 1 amide bonds. The van der Waals surface area contributed by atoms with E-state index < -0.39 is 12.0 Å². The molecule has 3 aromatic rings. The quantitative estimate of drug-likeness (QED) is 0.700. The van der Waals surface area contributed by atoms with Crippen molar-refractivity contribution >= 4 is 11.6 Å². The Kier molecular flexibility index (Phi) is 5.52. The SMILES string of the molecule is COc1ccc(C(O)Cn2cnc(C(=O)Nc3ccc(C)c(C)c3)n2)cc1. The summed E-state index contributed by atoms with van der Waals surface area (Å²) in [5.41, 5.74) is 3.67. The van der Waals surface area contributed by atoms with Crippen LogP contribution in [0.2, 0.25) is 0 Å². The average molecular weight is 366 g/mol. The van der Waals surface area contributed by atoms with Gasteiger partial charge < -0.3 is 15.2 Å². The third-order valence-electron chi connectivity index (χ3n) is 4.36. The zero-order valence-corrected chi connectivity index (χ0v) is 15.5. The summed E-state index contributed by atoms with van der Waals surface area (Å²) in [6.45, 7) is 4.19. The van der Waals surface area contributed by atoms with Gasteiger partial charge >= 0.3 is 0 Å². The maximum Gasteiger partial charge on any atom is 0.295 e. The van der Waals surface area contributed by atoms with Gasteiger partial charge in [-0.05, 0) is 54.8 Å². The highest BCUT2D eigenvalue weighted by Gasteiger charge is 2.15. The van der Waals surface area contributed by atoms with Crippen LogP contribution in [-0.2, 0) is 6.54 Å². The van der Waals surface area contributed by atoms with Crippen LogP contribution in [0.1, 0.15) is 33.4 Å². The third kappa shape index (κ3) is 4.51. The van der Waals surface area contributed by atoms with Gasteiger partial charge in [-0.2, -0.15) is 0 Å². The minimum absolute atomic E-state index is 0.0511. The number of rotatable bonds is 6. The first-order valence-electron chi connectivity index (χ1n) is 8.56. The van der Waals surface area contributed by atoms with E-state index in [0.29, 0.717) is 5.69 Å². The Morgan fingerprint density at radius 3 is 2.59 bits per heavy atom. The van der Waals surface area contributed by atoms with Gasteiger partial charge in [0.15, 0.2) is 0 Å². The van der Waals surface area contributed by atoms with Gasteiger partial charge in [0.1, 0.15) is 12.1 Å². The molecule has 2 aromatic carbocycles. The maximum atomic E-state index is 12.3. The Labute approximate surface area is 157 Å². The molecule has 0 aliphatic rings. The fourth-order valence-corrected chi connectivity index (χ4v) is 2.60. The molecular formula is C20H22N4O3. The van der Waals surface area contributed by atoms with Gasteiger partial charge in [-0.15, -0.1) is 5.10 Å². The molecule has 2 N–H and O–H groups in total. The number of methoxy groups -OCH3 is 1. The first-order valence-corrected chi connectivity index (χ1v) is 8.56. The standard InChI is InChI=1S/C20H22N4O3/c1-13-4-7-16(10-14(13)2)22-20(26)19-21-12-24(23-19)11-18(25)15-5-8-17(27-3)9-6-15/h4-10,12,18,25H,11H2,1-3H3,(H,22,26). The molecule has 0 bridgehead atoms. The summed E-state index contributed by atoms with van der Waals surface area (Å²) < 4.78 is 6.55. The monoisotopic (exact) mass is 366 g/mol. The zero-order valence-electron chi connectivity index (χ0n) is 15.5. The first-order chi connectivity index (χ1) is 13.0. The van der Waals surface area contributed by atoms with Crippen molar-refractivity contribution in [2.24, 2.45) is 0 Å². The van der Waals surface area contributed by atoms with E-state index in [1.807, 2.05) is 32.0 Å². The number of carbonyl (C=O) groups excluding carboxylic acids is 1. The number of anilines is 1. The summed E-state index contributed by atoms with van der Waals surface area (Å²) in [6, 6.07) is 12.8. The van der Waals surface area contributed by atoms with E-state index in [-0.39, 0.29) is 12.4 Å². The lowest BCUT2D eigenvalue weighted by atomic mass is 10.1. The van der Waals surface area contributed by atoms with Crippen molar-refractivity contribution in [3.8, 4) is 5.75 Å². The molecule has 3 rings (SSSR count). The van der Waals surface area contributed by atoms with Gasteiger partial charge in [0.05, 0.1) is 19.8 Å². The molecule has 0 aliphatic carbocycles. The number of carbonyl (C=O) groups is 1. The topological polar surface area (TPSA) is 89.3 Å². The van der Waals surface area contributed by atoms with E-state index in [9.17, 15) is 9.90 Å². The normalized spacial score (nSPS) is 11.9. The average Bonchev–Trinajstić information content (AvgIpc) is 3.13. The van der Waals surface area contributed by atoms with Gasteiger partial charge in [0.2, 0.25) is 5.82 Å². The molecule has 0 aliphatic heterocycles. The van der Waals surface area contributed by atoms with Crippen LogP contribution in [0.25, 0.3) is 0 Å². The molecule has 1 aromatic heterocycles. The molecule has 1 unspecified atom stereocenters. The summed E-state index contributed by atoms with van der Waals surface area (Å²) >= 11 is 0. The third-order valence-corrected chi connectivity index (χ3v) is 4.36. The Morgan fingerprint density at radius 1 is 1.19 bits per heavy atom. The van der Waals surface area contributed by atoms with Crippen molar-refractivity contribution in [3.05, 3.63) is 71.3 Å². The molecule has 7 nitrogen and oxygen atoms in total. The molecule has 140 valence electrons. The van der Waals surface area contributed by atoms with E-state index in [2.05, 4.69) is 15.4 Å². The molecule has 1 atom stereocenters. The van der Waals surface area contributed by atoms with Crippen LogP contribution in [0.15, 0.2) is 48.8 Å². The van der Waals surface area contributed by atoms with Gasteiger partial charge in [-0.3, -0.25) is 4.79 Å². The molecule has 0 spiro atoms. The van der Waals surface area contributed by atoms with Crippen LogP contribution in [-0.4, -0.2) is 32.9 Å². The maximum absolute atomic E-state index is 12.3. The fourth-order valence-electron chi connectivity index (χ4n) is 2.60. The molecule has 27 heavy (non-hydrogen) atoms. The van der Waals surface area contributed by atoms with Crippen molar-refractivity contribution in [1.82, 2.24) is 14.8 Å². The molecule has 0 radical (unpaired) electrons. The zero-order chi connectivity index (χ0) is 19.4. The number of aliphatic hydroxyl groups is 1. The highest BCUT2D eigenvalue weighted by molar-refractivity contribution is 6.01. The Bertz CT molecular complexity index is 935. The largest absolute Gasteiger partial charge is 0.497 e. The van der Waals surface area contributed by atoms with E-state index in [0.717, 1.165) is 22.4 Å². The van der Waals surface area contributed by atoms with Gasteiger partial charge in [0, 0.05) is 5.69 Å². The molecular weight excluding hydrogens is 344 g/mol. The molecule has 0 saturated carbocycles. The van der Waals surface area contributed by atoms with E-state index in [1.54, 1.807) is 31.4 Å². The predicted octanol–water partition coefficient (Wildman–Crippen LogP) is 2.89. The number of ether oxygens (including phenoxy) is 1. The number of benzene rings is 2. The van der Waals surface area contributed by atoms with Gasteiger partial charge in [-0.1, -0.05) is 18.2 Å². The second kappa shape index (κ2) is 8.01. The number of hydrogen-bond acceptors (Lipinski definition) is 5. The van der Waals surface area contributed by atoms with Gasteiger partial charge in [0.25, 0.3) is 5.91 Å². The van der Waals surface area contributed by atoms with Gasteiger partial charge in [-0.25, -0.2) is 9.67 Å². The van der Waals surface area contributed by atoms with Crippen molar-refractivity contribution in [2.75, 3.05) is 12.4 Å². The first kappa shape index (κ1) is 18.6. The number of aliphatic hydroxyl groups excluding tert-OH is 1. The van der Waals surface area contributed by atoms with Crippen LogP contribution in [0, 0.1) is 13.8 Å². The summed E-state index contributed by atoms with van der Waals surface area (Å²) in [7, 11) is 1.59. The molecule has 0 saturated heterocycles. The lowest BCUT2D eigenvalue weighted by Gasteiger charge is -2.11. The number of nitrogens with one attached hydrogen (secondary N) is 1. The highest BCUT2D eigenvalue weighted by Crippen LogP contribution is 2.19. The second-order valence-electron chi connectivity index (χ2n) is 6.33. The number of aryl methyl sites for hydroxylation is 2. The van der Waals surface area contributed by atoms with E-state index in [1.165, 1.54) is 11.0 Å². The van der Waals surface area contributed by atoms with E-state index in [4.69, 9.17) is 4.74 Å². The summed E-state index contributed by atoms with van der Waals surface area (Å²) in [5.74, 6) is 0.378. The van der Waals surface area contributed by atoms with Crippen LogP contribution in [0.3, 0.4) is 0 Å². The number of aromatic nitrogens is 3. The van der Waals surface area contributed by atoms with E-state index >= 15 is 0 Å². The second-order valence-corrected chi connectivity index (χ2v) is 6.33. The van der Waals surface area contributed by atoms with Crippen molar-refractivity contribution in [2.45, 2.75) is 26.5 Å². The minimum Gasteiger partial charge on any atom is -0.497 e. The lowest BCUT2D eigenvalue weighted by molar-refractivity contribution is 0.101. The predicted molar refractivity (Wildman–Crippen MR) is 102 cm³/mol. The number of nitrogens with zero attached hydrogens (tertiary/aromatic N) is 3. The van der Waals surface area contributed by atoms with Crippen LogP contribution in [0.4, 0.5) is 5.69 Å². The summed E-state index contributed by atoms with van der Waals surface area (Å²) in [5, 5.41) is 17.3. The van der Waals surface area contributed by atoms with Crippen LogP contribution < -0.4 is 10.1 Å². The molecule has 0 fully saturated rings. The van der Waals surface area contributed by atoms with Crippen molar-refractivity contribution < 1.29 is 14.6 Å². The summed E-state index contributed by atoms with van der Waals surface area (Å²) in [6.07, 6.45) is 0.662. The number of amides is 1. The minimum atomic E-state index is -0.770. The summed E-state index contributed by atoms with van der Waals surface area (Å²) in [4.78, 5) is 16.4. The Hall–Kier alpha value is -3.19. The smallest absolute Gasteiger partial charge is 0.295 e. The Balaban J connectivity index is 1.64. The molecule has 1 heterocycles. The lowest BCUT2D eigenvalue weighted by Crippen LogP contribution is -2.15. The highest BCUT2D eigenvalue weighted by atomic mass is 16.5. The van der Waals surface area contributed by atoms with Crippen molar-refractivity contribution in [3.63, 3.8) is 0 Å². The number of hydrogen-bond donors (Lipinski definition) is 2. The van der Waals surface area contributed by atoms with Crippen LogP contribution >= 0.6 is 0 Å². The Morgan fingerprint density at radius 2 is 1.93 bits per heavy atom. The fraction of sp³-hybridized carbons (Fsp3) is 0.250. The van der Waals surface area contributed by atoms with Crippen LogP contribution in [0.5, 0.6) is 5.75 Å².